The molecule has 0 aromatic heterocycles. The quantitative estimate of drug-likeness (QED) is 0.640. The van der Waals surface area contributed by atoms with Crippen molar-refractivity contribution in [3.8, 4) is 0 Å². The first-order valence-corrected chi connectivity index (χ1v) is 10.6. The Bertz CT molecular complexity index is 906. The van der Waals surface area contributed by atoms with Crippen LogP contribution >= 0.6 is 11.6 Å². The van der Waals surface area contributed by atoms with Crippen LogP contribution < -0.4 is 0 Å². The SMILES string of the molecule is OCc1ccccc1CN1CCN(C(c2ccccc2)c2ccc(Cl)cc2)CC1. The fraction of sp³-hybridized carbons (Fsp3) is 0.280. The molecule has 150 valence electrons. The lowest BCUT2D eigenvalue weighted by Gasteiger charge is -2.40. The van der Waals surface area contributed by atoms with Crippen molar-refractivity contribution in [2.75, 3.05) is 26.2 Å². The van der Waals surface area contributed by atoms with Gasteiger partial charge in [0.25, 0.3) is 0 Å². The highest BCUT2D eigenvalue weighted by Gasteiger charge is 2.26. The summed E-state index contributed by atoms with van der Waals surface area (Å²) in [5.74, 6) is 0. The zero-order valence-corrected chi connectivity index (χ0v) is 17.3. The number of benzene rings is 3. The van der Waals surface area contributed by atoms with E-state index in [4.69, 9.17) is 11.6 Å². The highest BCUT2D eigenvalue weighted by molar-refractivity contribution is 6.30. The number of hydrogen-bond acceptors (Lipinski definition) is 3. The van der Waals surface area contributed by atoms with Crippen LogP contribution in [0, 0.1) is 0 Å². The first-order chi connectivity index (χ1) is 14.2. The molecule has 0 radical (unpaired) electrons. The third-order valence-electron chi connectivity index (χ3n) is 5.76. The smallest absolute Gasteiger partial charge is 0.0685 e. The summed E-state index contributed by atoms with van der Waals surface area (Å²) >= 11 is 6.13. The number of nitrogens with zero attached hydrogens (tertiary/aromatic N) is 2. The van der Waals surface area contributed by atoms with E-state index in [9.17, 15) is 5.11 Å². The normalized spacial score (nSPS) is 16.6. The molecule has 1 aliphatic heterocycles. The Balaban J connectivity index is 1.49. The largest absolute Gasteiger partial charge is 0.392 e. The Hall–Kier alpha value is -2.17. The van der Waals surface area contributed by atoms with Gasteiger partial charge in [-0.2, -0.15) is 0 Å². The summed E-state index contributed by atoms with van der Waals surface area (Å²) in [6.45, 7) is 5.02. The Kier molecular flexibility index (Phi) is 6.63. The second kappa shape index (κ2) is 9.55. The summed E-state index contributed by atoms with van der Waals surface area (Å²) in [5.41, 5.74) is 4.84. The third kappa shape index (κ3) is 4.88. The minimum Gasteiger partial charge on any atom is -0.392 e. The average molecular weight is 407 g/mol. The molecule has 1 atom stereocenters. The van der Waals surface area contributed by atoms with Gasteiger partial charge in [0.05, 0.1) is 12.6 Å². The van der Waals surface area contributed by atoms with E-state index in [2.05, 4.69) is 64.4 Å². The maximum atomic E-state index is 9.60. The number of hydrogen-bond donors (Lipinski definition) is 1. The maximum Gasteiger partial charge on any atom is 0.0685 e. The summed E-state index contributed by atoms with van der Waals surface area (Å²) in [6, 6.07) is 27.4. The number of piperazine rings is 1. The lowest BCUT2D eigenvalue weighted by Crippen LogP contribution is -2.47. The van der Waals surface area contributed by atoms with Crippen LogP contribution in [0.4, 0.5) is 0 Å². The topological polar surface area (TPSA) is 26.7 Å². The number of rotatable bonds is 6. The van der Waals surface area contributed by atoms with Crippen molar-refractivity contribution in [1.82, 2.24) is 9.80 Å². The second-order valence-electron chi connectivity index (χ2n) is 7.60. The molecule has 0 bridgehead atoms. The molecule has 1 heterocycles. The van der Waals surface area contributed by atoms with Crippen LogP contribution in [0.2, 0.25) is 5.02 Å². The van der Waals surface area contributed by atoms with Crippen molar-refractivity contribution in [2.45, 2.75) is 19.2 Å². The van der Waals surface area contributed by atoms with Gasteiger partial charge in [-0.15, -0.1) is 0 Å². The van der Waals surface area contributed by atoms with Crippen molar-refractivity contribution in [2.24, 2.45) is 0 Å². The molecule has 3 aromatic carbocycles. The molecule has 1 N–H and O–H groups in total. The molecule has 29 heavy (non-hydrogen) atoms. The van der Waals surface area contributed by atoms with E-state index in [0.29, 0.717) is 0 Å². The van der Waals surface area contributed by atoms with E-state index in [1.165, 1.54) is 16.7 Å². The summed E-state index contributed by atoms with van der Waals surface area (Å²) in [5, 5.41) is 10.4. The van der Waals surface area contributed by atoms with Crippen LogP contribution in [0.1, 0.15) is 28.3 Å². The molecule has 1 fully saturated rings. The first-order valence-electron chi connectivity index (χ1n) is 10.2. The van der Waals surface area contributed by atoms with E-state index in [0.717, 1.165) is 43.3 Å². The van der Waals surface area contributed by atoms with Gasteiger partial charge in [-0.1, -0.05) is 78.3 Å². The monoisotopic (exact) mass is 406 g/mol. The van der Waals surface area contributed by atoms with E-state index in [1.54, 1.807) is 0 Å². The Morgan fingerprint density at radius 3 is 1.97 bits per heavy atom. The van der Waals surface area contributed by atoms with E-state index in [1.807, 2.05) is 24.3 Å². The highest BCUT2D eigenvalue weighted by atomic mass is 35.5. The van der Waals surface area contributed by atoms with Gasteiger partial charge in [0.15, 0.2) is 0 Å². The molecule has 0 saturated carbocycles. The lowest BCUT2D eigenvalue weighted by molar-refractivity contribution is 0.104. The standard InChI is InChI=1S/C25H27ClN2O/c26-24-12-10-21(11-13-24)25(20-6-2-1-3-7-20)28-16-14-27(15-17-28)18-22-8-4-5-9-23(22)19-29/h1-13,25,29H,14-19H2. The Labute approximate surface area is 178 Å². The van der Waals surface area contributed by atoms with Crippen molar-refractivity contribution < 1.29 is 5.11 Å². The predicted octanol–water partition coefficient (Wildman–Crippen LogP) is 4.74. The zero-order valence-electron chi connectivity index (χ0n) is 16.5. The predicted molar refractivity (Wildman–Crippen MR) is 119 cm³/mol. The van der Waals surface area contributed by atoms with Crippen molar-refractivity contribution >= 4 is 11.6 Å². The third-order valence-corrected chi connectivity index (χ3v) is 6.01. The van der Waals surface area contributed by atoms with E-state index >= 15 is 0 Å². The second-order valence-corrected chi connectivity index (χ2v) is 8.04. The number of aliphatic hydroxyl groups excluding tert-OH is 1. The van der Waals surface area contributed by atoms with Crippen LogP contribution in [0.5, 0.6) is 0 Å². The van der Waals surface area contributed by atoms with E-state index in [-0.39, 0.29) is 12.6 Å². The van der Waals surface area contributed by atoms with Gasteiger partial charge in [-0.3, -0.25) is 9.80 Å². The van der Waals surface area contributed by atoms with Gasteiger partial charge in [0.2, 0.25) is 0 Å². The molecule has 1 saturated heterocycles. The lowest BCUT2D eigenvalue weighted by atomic mass is 9.96. The molecule has 1 aliphatic rings. The van der Waals surface area contributed by atoms with Gasteiger partial charge in [0, 0.05) is 37.7 Å². The van der Waals surface area contributed by atoms with Crippen molar-refractivity contribution in [3.63, 3.8) is 0 Å². The van der Waals surface area contributed by atoms with Gasteiger partial charge in [0.1, 0.15) is 0 Å². The van der Waals surface area contributed by atoms with Crippen LogP contribution in [0.3, 0.4) is 0 Å². The fourth-order valence-electron chi connectivity index (χ4n) is 4.18. The highest BCUT2D eigenvalue weighted by Crippen LogP contribution is 2.30. The fourth-order valence-corrected chi connectivity index (χ4v) is 4.31. The summed E-state index contributed by atoms with van der Waals surface area (Å²) in [4.78, 5) is 5.04. The molecule has 3 nitrogen and oxygen atoms in total. The molecule has 3 aromatic rings. The summed E-state index contributed by atoms with van der Waals surface area (Å²) < 4.78 is 0. The molecule has 0 amide bonds. The van der Waals surface area contributed by atoms with Gasteiger partial charge in [-0.25, -0.2) is 0 Å². The molecule has 1 unspecified atom stereocenters. The number of aliphatic hydroxyl groups is 1. The summed E-state index contributed by atoms with van der Waals surface area (Å²) in [7, 11) is 0. The van der Waals surface area contributed by atoms with Crippen LogP contribution in [-0.2, 0) is 13.2 Å². The van der Waals surface area contributed by atoms with Gasteiger partial charge in [-0.05, 0) is 34.4 Å². The van der Waals surface area contributed by atoms with Gasteiger partial charge < -0.3 is 5.11 Å². The molecule has 0 spiro atoms. The maximum absolute atomic E-state index is 9.60. The Morgan fingerprint density at radius 1 is 0.724 bits per heavy atom. The van der Waals surface area contributed by atoms with Crippen molar-refractivity contribution in [3.05, 3.63) is 106 Å². The van der Waals surface area contributed by atoms with Crippen LogP contribution in [-0.4, -0.2) is 41.1 Å². The molecular weight excluding hydrogens is 380 g/mol. The van der Waals surface area contributed by atoms with Crippen LogP contribution in [0.25, 0.3) is 0 Å². The minimum absolute atomic E-state index is 0.1000. The molecule has 4 rings (SSSR count). The summed E-state index contributed by atoms with van der Waals surface area (Å²) in [6.07, 6.45) is 0. The van der Waals surface area contributed by atoms with E-state index < -0.39 is 0 Å². The number of halogens is 1. The Morgan fingerprint density at radius 2 is 1.31 bits per heavy atom. The zero-order chi connectivity index (χ0) is 20.1. The average Bonchev–Trinajstić information content (AvgIpc) is 2.77. The van der Waals surface area contributed by atoms with Gasteiger partial charge >= 0.3 is 0 Å². The van der Waals surface area contributed by atoms with Crippen molar-refractivity contribution in [1.29, 1.82) is 0 Å². The molecule has 0 aliphatic carbocycles. The molecule has 4 heteroatoms. The molecular formula is C25H27ClN2O. The van der Waals surface area contributed by atoms with Crippen LogP contribution in [0.15, 0.2) is 78.9 Å². The first kappa shape index (κ1) is 20.1. The minimum atomic E-state index is 0.1000.